The number of halogens is 2. The van der Waals surface area contributed by atoms with Crippen LogP contribution in [0.25, 0.3) is 33.5 Å². The molecule has 0 saturated heterocycles. The number of aryl methyl sites for hydroxylation is 2. The summed E-state index contributed by atoms with van der Waals surface area (Å²) in [6.45, 7) is 2.03. The van der Waals surface area contributed by atoms with Gasteiger partial charge in [0.25, 0.3) is 0 Å². The lowest BCUT2D eigenvalue weighted by Gasteiger charge is -2.05. The lowest BCUT2D eigenvalue weighted by atomic mass is 10.1. The minimum absolute atomic E-state index is 0.310. The van der Waals surface area contributed by atoms with Gasteiger partial charge in [-0.1, -0.05) is 41.4 Å². The third-order valence-corrected chi connectivity index (χ3v) is 4.50. The molecule has 0 atom stereocenters. The molecule has 6 heteroatoms. The molecule has 0 aliphatic carbocycles. The Morgan fingerprint density at radius 1 is 0.880 bits per heavy atom. The Balaban J connectivity index is 1.97. The van der Waals surface area contributed by atoms with Gasteiger partial charge >= 0.3 is 0 Å². The number of aromatic nitrogens is 4. The Labute approximate surface area is 148 Å². The van der Waals surface area contributed by atoms with Crippen molar-refractivity contribution in [2.24, 2.45) is 7.05 Å². The smallest absolute Gasteiger partial charge is 0.182 e. The molecule has 0 saturated carbocycles. The largest absolute Gasteiger partial charge is 0.248 e. The Kier molecular flexibility index (Phi) is 3.73. The lowest BCUT2D eigenvalue weighted by molar-refractivity contribution is 0.628. The molecule has 2 heterocycles. The minimum atomic E-state index is -0.310. The summed E-state index contributed by atoms with van der Waals surface area (Å²) < 4.78 is 14.9. The van der Waals surface area contributed by atoms with Crippen molar-refractivity contribution in [3.05, 3.63) is 64.9 Å². The Morgan fingerprint density at radius 3 is 2.16 bits per heavy atom. The van der Waals surface area contributed by atoms with Gasteiger partial charge in [0.05, 0.1) is 10.4 Å². The fourth-order valence-corrected chi connectivity index (χ4v) is 3.12. The fourth-order valence-electron chi connectivity index (χ4n) is 2.80. The molecular weight excluding hydrogens is 339 g/mol. The topological polar surface area (TPSA) is 43.6 Å². The molecule has 2 aromatic carbocycles. The van der Waals surface area contributed by atoms with Crippen LogP contribution in [-0.4, -0.2) is 20.0 Å². The van der Waals surface area contributed by atoms with E-state index < -0.39 is 0 Å². The van der Waals surface area contributed by atoms with E-state index in [4.69, 9.17) is 11.6 Å². The third-order valence-electron chi connectivity index (χ3n) is 4.13. The predicted molar refractivity (Wildman–Crippen MR) is 96.9 cm³/mol. The van der Waals surface area contributed by atoms with Crippen LogP contribution in [0.4, 0.5) is 4.39 Å². The van der Waals surface area contributed by atoms with Gasteiger partial charge in [-0.3, -0.25) is 0 Å². The zero-order chi connectivity index (χ0) is 17.6. The quantitative estimate of drug-likeness (QED) is 0.520. The van der Waals surface area contributed by atoms with Crippen molar-refractivity contribution in [1.29, 1.82) is 0 Å². The van der Waals surface area contributed by atoms with Crippen LogP contribution in [0.2, 0.25) is 5.02 Å². The average molecular weight is 353 g/mol. The van der Waals surface area contributed by atoms with E-state index in [1.54, 1.807) is 16.8 Å². The van der Waals surface area contributed by atoms with Crippen molar-refractivity contribution < 1.29 is 4.39 Å². The number of rotatable bonds is 2. The molecule has 124 valence electrons. The van der Waals surface area contributed by atoms with E-state index in [-0.39, 0.29) is 5.82 Å². The van der Waals surface area contributed by atoms with E-state index in [0.717, 1.165) is 16.6 Å². The molecule has 0 radical (unpaired) electrons. The van der Waals surface area contributed by atoms with Crippen LogP contribution in [0.5, 0.6) is 0 Å². The van der Waals surface area contributed by atoms with Gasteiger partial charge < -0.3 is 0 Å². The van der Waals surface area contributed by atoms with Crippen molar-refractivity contribution in [2.45, 2.75) is 6.92 Å². The van der Waals surface area contributed by atoms with Crippen molar-refractivity contribution in [3.63, 3.8) is 0 Å². The molecule has 0 fully saturated rings. The molecule has 0 aliphatic heterocycles. The van der Waals surface area contributed by atoms with Gasteiger partial charge in [-0.05, 0) is 31.2 Å². The highest BCUT2D eigenvalue weighted by atomic mass is 35.5. The highest BCUT2D eigenvalue weighted by molar-refractivity contribution is 6.38. The van der Waals surface area contributed by atoms with Crippen LogP contribution in [0, 0.1) is 12.7 Å². The predicted octanol–water partition coefficient (Wildman–Crippen LogP) is 4.80. The first-order chi connectivity index (χ1) is 12.0. The van der Waals surface area contributed by atoms with Crippen LogP contribution < -0.4 is 0 Å². The van der Waals surface area contributed by atoms with Crippen LogP contribution in [-0.2, 0) is 7.05 Å². The van der Waals surface area contributed by atoms with Gasteiger partial charge in [-0.25, -0.2) is 9.07 Å². The van der Waals surface area contributed by atoms with E-state index in [2.05, 4.69) is 15.3 Å². The van der Waals surface area contributed by atoms with Gasteiger partial charge in [0.1, 0.15) is 17.2 Å². The van der Waals surface area contributed by atoms with Crippen molar-refractivity contribution in [1.82, 2.24) is 20.0 Å². The van der Waals surface area contributed by atoms with Crippen molar-refractivity contribution in [3.8, 4) is 22.5 Å². The first kappa shape index (κ1) is 15.7. The maximum absolute atomic E-state index is 13.2. The zero-order valence-corrected chi connectivity index (χ0v) is 14.4. The molecular formula is C19H14ClFN4. The Hall–Kier alpha value is -2.79. The van der Waals surface area contributed by atoms with Crippen LogP contribution in [0.15, 0.2) is 48.5 Å². The molecule has 4 nitrogen and oxygen atoms in total. The van der Waals surface area contributed by atoms with Crippen molar-refractivity contribution >= 4 is 22.6 Å². The van der Waals surface area contributed by atoms with E-state index in [1.807, 2.05) is 38.2 Å². The average Bonchev–Trinajstić information content (AvgIpc) is 2.95. The molecule has 4 aromatic rings. The normalized spacial score (nSPS) is 11.2. The minimum Gasteiger partial charge on any atom is -0.248 e. The van der Waals surface area contributed by atoms with Crippen LogP contribution in [0.3, 0.4) is 0 Å². The summed E-state index contributed by atoms with van der Waals surface area (Å²) in [6, 6.07) is 14.1. The number of hydrogen-bond acceptors (Lipinski definition) is 3. The lowest BCUT2D eigenvalue weighted by Crippen LogP contribution is -1.95. The molecule has 25 heavy (non-hydrogen) atoms. The summed E-state index contributed by atoms with van der Waals surface area (Å²) in [5, 5.41) is 14.3. The second-order valence-electron chi connectivity index (χ2n) is 5.91. The standard InChI is InChI=1S/C19H14ClFN4/c1-11-3-5-12(6-4-11)17-15-16(20)18(13-7-9-14(21)10-8-13)22-23-19(15)25(2)24-17/h3-10H,1-2H3. The summed E-state index contributed by atoms with van der Waals surface area (Å²) in [5.74, 6) is -0.310. The van der Waals surface area contributed by atoms with E-state index in [0.29, 0.717) is 21.9 Å². The van der Waals surface area contributed by atoms with Crippen LogP contribution >= 0.6 is 11.6 Å². The van der Waals surface area contributed by atoms with Gasteiger partial charge in [-0.15, -0.1) is 10.2 Å². The summed E-state index contributed by atoms with van der Waals surface area (Å²) in [7, 11) is 1.81. The number of hydrogen-bond donors (Lipinski definition) is 0. The molecule has 0 amide bonds. The Morgan fingerprint density at radius 2 is 1.48 bits per heavy atom. The molecule has 0 unspecified atom stereocenters. The van der Waals surface area contributed by atoms with Gasteiger partial charge in [0, 0.05) is 18.2 Å². The molecule has 0 aliphatic rings. The van der Waals surface area contributed by atoms with E-state index in [9.17, 15) is 4.39 Å². The highest BCUT2D eigenvalue weighted by Crippen LogP contribution is 2.36. The maximum Gasteiger partial charge on any atom is 0.182 e. The summed E-state index contributed by atoms with van der Waals surface area (Å²) >= 11 is 6.67. The van der Waals surface area contributed by atoms with E-state index >= 15 is 0 Å². The van der Waals surface area contributed by atoms with Gasteiger partial charge in [0.15, 0.2) is 5.65 Å². The first-order valence-electron chi connectivity index (χ1n) is 7.76. The monoisotopic (exact) mass is 352 g/mol. The molecule has 4 rings (SSSR count). The second kappa shape index (κ2) is 5.93. The SMILES string of the molecule is Cc1ccc(-c2nn(C)c3nnc(-c4ccc(F)cc4)c(Cl)c23)cc1. The summed E-state index contributed by atoms with van der Waals surface area (Å²) in [4.78, 5) is 0. The third kappa shape index (κ3) is 2.66. The molecule has 2 aromatic heterocycles. The first-order valence-corrected chi connectivity index (χ1v) is 8.14. The number of nitrogens with zero attached hydrogens (tertiary/aromatic N) is 4. The summed E-state index contributed by atoms with van der Waals surface area (Å²) in [6.07, 6.45) is 0. The number of benzene rings is 2. The molecule has 0 N–H and O–H groups in total. The fraction of sp³-hybridized carbons (Fsp3) is 0.105. The van der Waals surface area contributed by atoms with E-state index in [1.165, 1.54) is 17.7 Å². The molecule has 0 bridgehead atoms. The second-order valence-corrected chi connectivity index (χ2v) is 6.28. The van der Waals surface area contributed by atoms with Crippen molar-refractivity contribution in [2.75, 3.05) is 0 Å². The maximum atomic E-state index is 13.2. The Bertz CT molecular complexity index is 1070. The van der Waals surface area contributed by atoms with Gasteiger partial charge in [-0.2, -0.15) is 5.10 Å². The number of fused-ring (bicyclic) bond motifs is 1. The summed E-state index contributed by atoms with van der Waals surface area (Å²) in [5.41, 5.74) is 4.69. The van der Waals surface area contributed by atoms with Gasteiger partial charge in [0.2, 0.25) is 0 Å². The highest BCUT2D eigenvalue weighted by Gasteiger charge is 2.19. The molecule has 0 spiro atoms. The zero-order valence-electron chi connectivity index (χ0n) is 13.7. The van der Waals surface area contributed by atoms with Crippen LogP contribution in [0.1, 0.15) is 5.56 Å².